The van der Waals surface area contributed by atoms with Gasteiger partial charge in [-0.3, -0.25) is 25.0 Å². The van der Waals surface area contributed by atoms with Crippen molar-refractivity contribution in [1.29, 1.82) is 0 Å². The Morgan fingerprint density at radius 2 is 1.71 bits per heavy atom. The molecule has 1 amide bonds. The summed E-state index contributed by atoms with van der Waals surface area (Å²) >= 11 is 0. The monoisotopic (exact) mass is 295 g/mol. The Hall–Kier alpha value is -2.51. The number of nitrogens with one attached hydrogen (secondary N) is 1. The number of nitro groups is 2. The Bertz CT molecular complexity index is 598. The molecule has 0 saturated heterocycles. The number of benzene rings is 1. The second-order valence-electron chi connectivity index (χ2n) is 5.16. The molecule has 0 aromatic heterocycles. The van der Waals surface area contributed by atoms with Gasteiger partial charge in [0, 0.05) is 17.7 Å². The molecule has 1 aromatic rings. The van der Waals surface area contributed by atoms with E-state index < -0.39 is 27.1 Å². The van der Waals surface area contributed by atoms with Crippen LogP contribution < -0.4 is 5.32 Å². The molecule has 0 aliphatic heterocycles. The molecule has 0 saturated carbocycles. The molecule has 1 unspecified atom stereocenters. The SMILES string of the molecule is Cc1c(C(=O)NC(C)C(C)C)cc([N+](=O)[O-])cc1[N+](=O)[O-]. The predicted octanol–water partition coefficient (Wildman–Crippen LogP) is 2.59. The van der Waals surface area contributed by atoms with E-state index in [4.69, 9.17) is 0 Å². The molecule has 0 spiro atoms. The van der Waals surface area contributed by atoms with Crippen molar-refractivity contribution in [1.82, 2.24) is 5.32 Å². The number of hydrogen-bond donors (Lipinski definition) is 1. The Kier molecular flexibility index (Phi) is 4.96. The summed E-state index contributed by atoms with van der Waals surface area (Å²) in [5.41, 5.74) is -0.858. The van der Waals surface area contributed by atoms with Crippen LogP contribution in [0, 0.1) is 33.1 Å². The molecular formula is C13H17N3O5. The van der Waals surface area contributed by atoms with Crippen molar-refractivity contribution in [2.45, 2.75) is 33.7 Å². The lowest BCUT2D eigenvalue weighted by atomic mass is 10.0. The minimum Gasteiger partial charge on any atom is -0.349 e. The van der Waals surface area contributed by atoms with E-state index in [9.17, 15) is 25.0 Å². The maximum Gasteiger partial charge on any atom is 0.279 e. The fourth-order valence-corrected chi connectivity index (χ4v) is 1.67. The summed E-state index contributed by atoms with van der Waals surface area (Å²) in [5, 5.41) is 24.5. The summed E-state index contributed by atoms with van der Waals surface area (Å²) in [4.78, 5) is 32.5. The first kappa shape index (κ1) is 16.5. The van der Waals surface area contributed by atoms with Crippen molar-refractivity contribution in [2.75, 3.05) is 0 Å². The number of amides is 1. The zero-order valence-corrected chi connectivity index (χ0v) is 12.2. The summed E-state index contributed by atoms with van der Waals surface area (Å²) in [5.74, 6) is -0.386. The van der Waals surface area contributed by atoms with Crippen LogP contribution in [0.1, 0.15) is 36.7 Å². The fourth-order valence-electron chi connectivity index (χ4n) is 1.67. The molecule has 1 rings (SSSR count). The number of nitrogens with zero attached hydrogens (tertiary/aromatic N) is 2. The van der Waals surface area contributed by atoms with Crippen molar-refractivity contribution in [3.63, 3.8) is 0 Å². The summed E-state index contributed by atoms with van der Waals surface area (Å²) in [6.07, 6.45) is 0. The third-order valence-corrected chi connectivity index (χ3v) is 3.38. The van der Waals surface area contributed by atoms with Gasteiger partial charge in [0.25, 0.3) is 17.3 Å². The number of carbonyl (C=O) groups is 1. The number of nitro benzene ring substituents is 2. The quantitative estimate of drug-likeness (QED) is 0.662. The van der Waals surface area contributed by atoms with E-state index in [1.165, 1.54) is 6.92 Å². The zero-order valence-electron chi connectivity index (χ0n) is 12.2. The van der Waals surface area contributed by atoms with E-state index in [1.54, 1.807) is 6.92 Å². The smallest absolute Gasteiger partial charge is 0.279 e. The van der Waals surface area contributed by atoms with E-state index in [2.05, 4.69) is 5.32 Å². The largest absolute Gasteiger partial charge is 0.349 e. The third-order valence-electron chi connectivity index (χ3n) is 3.38. The Morgan fingerprint density at radius 3 is 2.14 bits per heavy atom. The van der Waals surface area contributed by atoms with E-state index in [-0.39, 0.29) is 23.1 Å². The number of rotatable bonds is 5. The van der Waals surface area contributed by atoms with E-state index in [1.807, 2.05) is 13.8 Å². The van der Waals surface area contributed by atoms with Gasteiger partial charge >= 0.3 is 0 Å². The van der Waals surface area contributed by atoms with Crippen molar-refractivity contribution in [2.24, 2.45) is 5.92 Å². The van der Waals surface area contributed by atoms with Crippen LogP contribution in [0.4, 0.5) is 11.4 Å². The molecular weight excluding hydrogens is 278 g/mol. The Labute approximate surface area is 121 Å². The standard InChI is InChI=1S/C13H17N3O5/c1-7(2)9(4)14-13(17)11-5-10(15(18)19)6-12(8(11)3)16(20)21/h5-7,9H,1-4H3,(H,14,17). The van der Waals surface area contributed by atoms with Crippen molar-refractivity contribution in [3.8, 4) is 0 Å². The molecule has 0 radical (unpaired) electrons. The highest BCUT2D eigenvalue weighted by atomic mass is 16.6. The fraction of sp³-hybridized carbons (Fsp3) is 0.462. The first-order chi connectivity index (χ1) is 9.65. The lowest BCUT2D eigenvalue weighted by molar-refractivity contribution is -0.394. The molecule has 8 heteroatoms. The topological polar surface area (TPSA) is 115 Å². The highest BCUT2D eigenvalue weighted by Crippen LogP contribution is 2.28. The zero-order chi connectivity index (χ0) is 16.3. The van der Waals surface area contributed by atoms with Crippen molar-refractivity contribution < 1.29 is 14.6 Å². The highest BCUT2D eigenvalue weighted by Gasteiger charge is 2.25. The van der Waals surface area contributed by atoms with Gasteiger partial charge in [-0.1, -0.05) is 13.8 Å². The lowest BCUT2D eigenvalue weighted by Gasteiger charge is -2.18. The molecule has 1 aromatic carbocycles. The summed E-state index contributed by atoms with van der Waals surface area (Å²) in [6.45, 7) is 7.02. The van der Waals surface area contributed by atoms with Crippen LogP contribution in [-0.4, -0.2) is 21.8 Å². The van der Waals surface area contributed by atoms with Gasteiger partial charge in [-0.05, 0) is 19.8 Å². The number of hydrogen-bond acceptors (Lipinski definition) is 5. The normalized spacial score (nSPS) is 12.0. The average Bonchev–Trinajstić information content (AvgIpc) is 2.37. The molecule has 114 valence electrons. The summed E-state index contributed by atoms with van der Waals surface area (Å²) < 4.78 is 0. The first-order valence-corrected chi connectivity index (χ1v) is 6.39. The lowest BCUT2D eigenvalue weighted by Crippen LogP contribution is -2.36. The molecule has 1 atom stereocenters. The van der Waals surface area contributed by atoms with Gasteiger partial charge in [0.15, 0.2) is 0 Å². The van der Waals surface area contributed by atoms with Gasteiger partial charge in [0.05, 0.1) is 21.5 Å². The van der Waals surface area contributed by atoms with Gasteiger partial charge in [0.2, 0.25) is 0 Å². The van der Waals surface area contributed by atoms with Gasteiger partial charge in [-0.2, -0.15) is 0 Å². The average molecular weight is 295 g/mol. The third kappa shape index (κ3) is 3.74. The molecule has 0 bridgehead atoms. The maximum atomic E-state index is 12.2. The molecule has 0 heterocycles. The second-order valence-corrected chi connectivity index (χ2v) is 5.16. The Morgan fingerprint density at radius 1 is 1.14 bits per heavy atom. The van der Waals surface area contributed by atoms with Crippen molar-refractivity contribution >= 4 is 17.3 Å². The Balaban J connectivity index is 3.31. The number of carbonyl (C=O) groups excluding carboxylic acids is 1. The van der Waals surface area contributed by atoms with Gasteiger partial charge < -0.3 is 5.32 Å². The van der Waals surface area contributed by atoms with E-state index in [0.29, 0.717) is 0 Å². The van der Waals surface area contributed by atoms with Crippen LogP contribution in [0.25, 0.3) is 0 Å². The van der Waals surface area contributed by atoms with Crippen LogP contribution in [0.15, 0.2) is 12.1 Å². The van der Waals surface area contributed by atoms with Crippen molar-refractivity contribution in [3.05, 3.63) is 43.5 Å². The molecule has 1 N–H and O–H groups in total. The van der Waals surface area contributed by atoms with Gasteiger partial charge in [-0.25, -0.2) is 0 Å². The first-order valence-electron chi connectivity index (χ1n) is 6.39. The minimum absolute atomic E-state index is 0.0524. The molecule has 21 heavy (non-hydrogen) atoms. The maximum absolute atomic E-state index is 12.2. The van der Waals surface area contributed by atoms with Crippen LogP contribution in [-0.2, 0) is 0 Å². The van der Waals surface area contributed by atoms with Crippen LogP contribution in [0.2, 0.25) is 0 Å². The second kappa shape index (κ2) is 6.29. The predicted molar refractivity (Wildman–Crippen MR) is 76.3 cm³/mol. The van der Waals surface area contributed by atoms with E-state index in [0.717, 1.165) is 12.1 Å². The van der Waals surface area contributed by atoms with Gasteiger partial charge in [-0.15, -0.1) is 0 Å². The highest BCUT2D eigenvalue weighted by molar-refractivity contribution is 5.97. The van der Waals surface area contributed by atoms with Gasteiger partial charge in [0.1, 0.15) is 0 Å². The summed E-state index contributed by atoms with van der Waals surface area (Å²) in [6, 6.07) is 1.76. The molecule has 0 aliphatic rings. The van der Waals surface area contributed by atoms with Crippen LogP contribution >= 0.6 is 0 Å². The summed E-state index contributed by atoms with van der Waals surface area (Å²) in [7, 11) is 0. The molecule has 8 nitrogen and oxygen atoms in total. The van der Waals surface area contributed by atoms with Crippen LogP contribution in [0.3, 0.4) is 0 Å². The molecule has 0 fully saturated rings. The minimum atomic E-state index is -0.755. The molecule has 0 aliphatic carbocycles. The van der Waals surface area contributed by atoms with E-state index >= 15 is 0 Å². The number of non-ortho nitro benzene ring substituents is 1. The van der Waals surface area contributed by atoms with Crippen LogP contribution in [0.5, 0.6) is 0 Å².